The highest BCUT2D eigenvalue weighted by Crippen LogP contribution is 2.29. The summed E-state index contributed by atoms with van der Waals surface area (Å²) in [6.45, 7) is 4.55. The number of H-pyrrole nitrogens is 1. The highest BCUT2D eigenvalue weighted by Gasteiger charge is 2.15. The Kier molecular flexibility index (Phi) is 4.96. The number of aromatic nitrogens is 2. The number of hydrogen-bond acceptors (Lipinski definition) is 3. The molecule has 0 amide bonds. The van der Waals surface area contributed by atoms with E-state index in [9.17, 15) is 9.59 Å². The monoisotopic (exact) mass is 290 g/mol. The number of hydrogen-bond donors (Lipinski definition) is 2. The molecule has 2 N–H and O–H groups in total. The SMILES string of the molecule is Cc1cn(CCC2=C([C@@H](C)CCO)C=CC2)c(=O)[nH]c1=O. The van der Waals surface area contributed by atoms with Gasteiger partial charge in [0.05, 0.1) is 0 Å². The van der Waals surface area contributed by atoms with Crippen LogP contribution in [0.25, 0.3) is 0 Å². The fraction of sp³-hybridized carbons (Fsp3) is 0.500. The van der Waals surface area contributed by atoms with Gasteiger partial charge in [-0.05, 0) is 37.7 Å². The quantitative estimate of drug-likeness (QED) is 0.834. The van der Waals surface area contributed by atoms with Gasteiger partial charge in [-0.25, -0.2) is 4.79 Å². The van der Waals surface area contributed by atoms with Gasteiger partial charge in [-0.1, -0.05) is 24.6 Å². The standard InChI is InChI=1S/C16H22N2O3/c1-11(7-9-19)14-5-3-4-13(14)6-8-18-10-12(2)15(20)17-16(18)21/h3,5,10-11,19H,4,6-9H2,1-2H3,(H,17,20,21)/t11-/m0/s1. The second kappa shape index (κ2) is 6.72. The van der Waals surface area contributed by atoms with Crippen molar-refractivity contribution in [3.63, 3.8) is 0 Å². The first kappa shape index (κ1) is 15.5. The van der Waals surface area contributed by atoms with Crippen molar-refractivity contribution < 1.29 is 5.11 Å². The van der Waals surface area contributed by atoms with Crippen molar-refractivity contribution in [1.29, 1.82) is 0 Å². The van der Waals surface area contributed by atoms with Crippen LogP contribution in [0.15, 0.2) is 39.1 Å². The van der Waals surface area contributed by atoms with E-state index in [4.69, 9.17) is 5.11 Å². The van der Waals surface area contributed by atoms with E-state index in [1.54, 1.807) is 17.7 Å². The van der Waals surface area contributed by atoms with Crippen LogP contribution in [0, 0.1) is 12.8 Å². The van der Waals surface area contributed by atoms with E-state index in [1.165, 1.54) is 11.1 Å². The van der Waals surface area contributed by atoms with Crippen LogP contribution >= 0.6 is 0 Å². The molecular formula is C16H22N2O3. The van der Waals surface area contributed by atoms with Crippen molar-refractivity contribution in [3.05, 3.63) is 55.9 Å². The zero-order chi connectivity index (χ0) is 15.4. The molecule has 0 bridgehead atoms. The number of nitrogens with one attached hydrogen (secondary N) is 1. The van der Waals surface area contributed by atoms with Crippen LogP contribution in [-0.4, -0.2) is 21.3 Å². The third kappa shape index (κ3) is 3.61. The van der Waals surface area contributed by atoms with E-state index in [0.29, 0.717) is 18.0 Å². The minimum atomic E-state index is -0.359. The number of rotatable bonds is 6. The maximum atomic E-state index is 11.8. The molecule has 5 heteroatoms. The fourth-order valence-corrected chi connectivity index (χ4v) is 2.71. The zero-order valence-electron chi connectivity index (χ0n) is 12.6. The Morgan fingerprint density at radius 3 is 2.90 bits per heavy atom. The summed E-state index contributed by atoms with van der Waals surface area (Å²) in [5.41, 5.74) is 2.45. The molecule has 1 aromatic rings. The molecule has 1 heterocycles. The molecule has 0 aromatic carbocycles. The van der Waals surface area contributed by atoms with E-state index in [2.05, 4.69) is 24.1 Å². The molecule has 0 saturated heterocycles. The molecule has 1 aliphatic carbocycles. The number of aryl methyl sites for hydroxylation is 2. The van der Waals surface area contributed by atoms with Crippen molar-refractivity contribution in [2.45, 2.75) is 39.7 Å². The predicted molar refractivity (Wildman–Crippen MR) is 82.3 cm³/mol. The minimum absolute atomic E-state index is 0.185. The van der Waals surface area contributed by atoms with Gasteiger partial charge < -0.3 is 9.67 Å². The maximum Gasteiger partial charge on any atom is 0.328 e. The lowest BCUT2D eigenvalue weighted by Gasteiger charge is -2.14. The Hall–Kier alpha value is -1.88. The Balaban J connectivity index is 2.13. The first-order chi connectivity index (χ1) is 10.0. The van der Waals surface area contributed by atoms with Crippen LogP contribution in [0.3, 0.4) is 0 Å². The first-order valence-electron chi connectivity index (χ1n) is 7.32. The second-order valence-electron chi connectivity index (χ2n) is 5.59. The fourth-order valence-electron chi connectivity index (χ4n) is 2.71. The van der Waals surface area contributed by atoms with E-state index < -0.39 is 0 Å². The zero-order valence-corrected chi connectivity index (χ0v) is 12.6. The molecule has 114 valence electrons. The predicted octanol–water partition coefficient (Wildman–Crippen LogP) is 1.51. The van der Waals surface area contributed by atoms with Crippen molar-refractivity contribution in [3.8, 4) is 0 Å². The molecule has 0 spiro atoms. The van der Waals surface area contributed by atoms with Gasteiger partial charge in [-0.2, -0.15) is 0 Å². The normalized spacial score (nSPS) is 15.8. The molecule has 21 heavy (non-hydrogen) atoms. The van der Waals surface area contributed by atoms with Crippen molar-refractivity contribution in [2.24, 2.45) is 5.92 Å². The molecule has 0 radical (unpaired) electrons. The second-order valence-corrected chi connectivity index (χ2v) is 5.59. The Morgan fingerprint density at radius 1 is 1.43 bits per heavy atom. The molecule has 5 nitrogen and oxygen atoms in total. The molecule has 1 aromatic heterocycles. The first-order valence-corrected chi connectivity index (χ1v) is 7.32. The van der Waals surface area contributed by atoms with Crippen molar-refractivity contribution in [2.75, 3.05) is 6.61 Å². The van der Waals surface area contributed by atoms with Gasteiger partial charge in [0.15, 0.2) is 0 Å². The lowest BCUT2D eigenvalue weighted by molar-refractivity contribution is 0.272. The lowest BCUT2D eigenvalue weighted by atomic mass is 9.94. The van der Waals surface area contributed by atoms with Crippen LogP contribution in [-0.2, 0) is 6.54 Å². The number of aromatic amines is 1. The number of allylic oxidation sites excluding steroid dienone is 4. The number of nitrogens with zero attached hydrogens (tertiary/aromatic N) is 1. The third-order valence-electron chi connectivity index (χ3n) is 4.01. The summed E-state index contributed by atoms with van der Waals surface area (Å²) in [5, 5.41) is 9.06. The largest absolute Gasteiger partial charge is 0.396 e. The van der Waals surface area contributed by atoms with Crippen molar-refractivity contribution >= 4 is 0 Å². The molecule has 2 rings (SSSR count). The van der Waals surface area contributed by atoms with Crippen LogP contribution < -0.4 is 11.2 Å². The summed E-state index contributed by atoms with van der Waals surface area (Å²) in [6, 6.07) is 0. The Morgan fingerprint density at radius 2 is 2.19 bits per heavy atom. The molecule has 1 atom stereocenters. The summed E-state index contributed by atoms with van der Waals surface area (Å²) in [5.74, 6) is 0.331. The lowest BCUT2D eigenvalue weighted by Crippen LogP contribution is -2.30. The molecular weight excluding hydrogens is 268 g/mol. The summed E-state index contributed by atoms with van der Waals surface area (Å²) >= 11 is 0. The summed E-state index contributed by atoms with van der Waals surface area (Å²) < 4.78 is 1.55. The van der Waals surface area contributed by atoms with Gasteiger partial charge in [0.25, 0.3) is 5.56 Å². The molecule has 0 saturated carbocycles. The van der Waals surface area contributed by atoms with E-state index >= 15 is 0 Å². The molecule has 1 aliphatic rings. The number of aliphatic hydroxyl groups excluding tert-OH is 1. The van der Waals surface area contributed by atoms with E-state index in [1.807, 2.05) is 0 Å². The maximum absolute atomic E-state index is 11.8. The van der Waals surface area contributed by atoms with Gasteiger partial charge >= 0.3 is 5.69 Å². The van der Waals surface area contributed by atoms with Crippen molar-refractivity contribution in [1.82, 2.24) is 9.55 Å². The van der Waals surface area contributed by atoms with Gasteiger partial charge in [0, 0.05) is 24.9 Å². The minimum Gasteiger partial charge on any atom is -0.396 e. The summed E-state index contributed by atoms with van der Waals surface area (Å²) in [4.78, 5) is 25.4. The van der Waals surface area contributed by atoms with Crippen LogP contribution in [0.1, 0.15) is 31.7 Å². The third-order valence-corrected chi connectivity index (χ3v) is 4.01. The summed E-state index contributed by atoms with van der Waals surface area (Å²) in [7, 11) is 0. The van der Waals surface area contributed by atoms with E-state index in [0.717, 1.165) is 19.3 Å². The van der Waals surface area contributed by atoms with Gasteiger partial charge in [-0.3, -0.25) is 9.78 Å². The van der Waals surface area contributed by atoms with Crippen LogP contribution in [0.4, 0.5) is 0 Å². The number of aliphatic hydroxyl groups is 1. The highest BCUT2D eigenvalue weighted by atomic mass is 16.3. The average molecular weight is 290 g/mol. The van der Waals surface area contributed by atoms with Gasteiger partial charge in [-0.15, -0.1) is 0 Å². The molecule has 0 unspecified atom stereocenters. The van der Waals surface area contributed by atoms with Crippen LogP contribution in [0.2, 0.25) is 0 Å². The highest BCUT2D eigenvalue weighted by molar-refractivity contribution is 5.35. The smallest absolute Gasteiger partial charge is 0.328 e. The van der Waals surface area contributed by atoms with Gasteiger partial charge in [0.1, 0.15) is 0 Å². The molecule has 0 aliphatic heterocycles. The Bertz CT molecular complexity index is 679. The average Bonchev–Trinajstić information content (AvgIpc) is 2.90. The topological polar surface area (TPSA) is 75.1 Å². The Labute approximate surface area is 123 Å². The van der Waals surface area contributed by atoms with Gasteiger partial charge in [0.2, 0.25) is 0 Å². The summed E-state index contributed by atoms with van der Waals surface area (Å²) in [6.07, 6.45) is 8.30. The molecule has 0 fully saturated rings. The van der Waals surface area contributed by atoms with Crippen LogP contribution in [0.5, 0.6) is 0 Å². The van der Waals surface area contributed by atoms with E-state index in [-0.39, 0.29) is 17.9 Å².